The Morgan fingerprint density at radius 1 is 1.21 bits per heavy atom. The molecule has 2 atom stereocenters. The third kappa shape index (κ3) is 3.63. The molecule has 0 saturated carbocycles. The number of rotatable bonds is 4. The molecule has 0 spiro atoms. The van der Waals surface area contributed by atoms with Crippen LogP contribution in [-0.2, 0) is 6.54 Å². The second kappa shape index (κ2) is 7.11. The zero-order chi connectivity index (χ0) is 17.1. The Hall–Kier alpha value is -2.24. The van der Waals surface area contributed by atoms with Crippen molar-refractivity contribution in [2.24, 2.45) is 0 Å². The number of benzene rings is 2. The summed E-state index contributed by atoms with van der Waals surface area (Å²) in [4.78, 5) is 13.8. The first-order valence-electron chi connectivity index (χ1n) is 8.05. The molecule has 1 fully saturated rings. The molecule has 0 radical (unpaired) electrons. The summed E-state index contributed by atoms with van der Waals surface area (Å²) in [5, 5.41) is 12.6. The van der Waals surface area contributed by atoms with E-state index in [9.17, 15) is 14.3 Å². The third-order valence-electron chi connectivity index (χ3n) is 4.46. The molecule has 0 aliphatic carbocycles. The van der Waals surface area contributed by atoms with Crippen LogP contribution in [0.4, 0.5) is 4.39 Å². The predicted octanol–water partition coefficient (Wildman–Crippen LogP) is 2.49. The van der Waals surface area contributed by atoms with E-state index < -0.39 is 0 Å². The van der Waals surface area contributed by atoms with Crippen molar-refractivity contribution >= 4 is 5.91 Å². The fourth-order valence-corrected chi connectivity index (χ4v) is 3.23. The Morgan fingerprint density at radius 3 is 2.50 bits per heavy atom. The largest absolute Gasteiger partial charge is 0.392 e. The van der Waals surface area contributed by atoms with Gasteiger partial charge in [0, 0.05) is 31.7 Å². The van der Waals surface area contributed by atoms with Crippen molar-refractivity contribution in [1.29, 1.82) is 0 Å². The molecular formula is C19H21FN2O2. The fraction of sp³-hybridized carbons (Fsp3) is 0.316. The number of nitrogens with one attached hydrogen (secondary N) is 1. The van der Waals surface area contributed by atoms with E-state index >= 15 is 0 Å². The number of carbonyl (C=O) groups excluding carboxylic acids is 1. The Balaban J connectivity index is 1.75. The molecule has 0 unspecified atom stereocenters. The lowest BCUT2D eigenvalue weighted by atomic mass is 10.0. The van der Waals surface area contributed by atoms with Crippen molar-refractivity contribution in [3.63, 3.8) is 0 Å². The Labute approximate surface area is 140 Å². The number of halogens is 1. The van der Waals surface area contributed by atoms with Crippen molar-refractivity contribution in [3.05, 3.63) is 71.0 Å². The topological polar surface area (TPSA) is 52.6 Å². The summed E-state index contributed by atoms with van der Waals surface area (Å²) in [6.45, 7) is 1.26. The maximum atomic E-state index is 13.1. The van der Waals surface area contributed by atoms with Crippen LogP contribution in [0.15, 0.2) is 48.5 Å². The number of hydrogen-bond donors (Lipinski definition) is 2. The Kier molecular flexibility index (Phi) is 4.92. The molecule has 1 aliphatic heterocycles. The van der Waals surface area contributed by atoms with Gasteiger partial charge in [0.25, 0.3) is 5.91 Å². The van der Waals surface area contributed by atoms with E-state index in [2.05, 4.69) is 10.2 Å². The quantitative estimate of drug-likeness (QED) is 0.907. The molecule has 24 heavy (non-hydrogen) atoms. The van der Waals surface area contributed by atoms with Crippen molar-refractivity contribution in [2.45, 2.75) is 25.1 Å². The summed E-state index contributed by atoms with van der Waals surface area (Å²) in [5.41, 5.74) is 2.71. The number of aliphatic hydroxyl groups is 1. The fourth-order valence-electron chi connectivity index (χ4n) is 3.23. The molecule has 0 bridgehead atoms. The lowest BCUT2D eigenvalue weighted by Gasteiger charge is -2.24. The Morgan fingerprint density at radius 2 is 1.88 bits per heavy atom. The van der Waals surface area contributed by atoms with Gasteiger partial charge in [-0.3, -0.25) is 9.69 Å². The van der Waals surface area contributed by atoms with Crippen LogP contribution in [0.25, 0.3) is 0 Å². The van der Waals surface area contributed by atoms with Crippen LogP contribution in [0.5, 0.6) is 0 Å². The van der Waals surface area contributed by atoms with Crippen LogP contribution in [0.2, 0.25) is 0 Å². The van der Waals surface area contributed by atoms with Crippen molar-refractivity contribution in [3.8, 4) is 0 Å². The lowest BCUT2D eigenvalue weighted by molar-refractivity contribution is 0.0963. The molecule has 1 saturated heterocycles. The number of hydrogen-bond acceptors (Lipinski definition) is 3. The van der Waals surface area contributed by atoms with Crippen molar-refractivity contribution < 1.29 is 14.3 Å². The van der Waals surface area contributed by atoms with E-state index in [0.717, 1.165) is 11.1 Å². The SMILES string of the molecule is CNC(=O)c1ccc(CN2C[C@H](O)C[C@H]2c2ccc(F)cc2)cc1. The number of nitrogens with zero attached hydrogens (tertiary/aromatic N) is 1. The monoisotopic (exact) mass is 328 g/mol. The second-order valence-corrected chi connectivity index (χ2v) is 6.16. The first-order chi connectivity index (χ1) is 11.6. The Bertz CT molecular complexity index is 700. The predicted molar refractivity (Wildman–Crippen MR) is 90.0 cm³/mol. The molecule has 2 aromatic carbocycles. The molecule has 126 valence electrons. The molecular weight excluding hydrogens is 307 g/mol. The lowest BCUT2D eigenvalue weighted by Crippen LogP contribution is -2.24. The van der Waals surface area contributed by atoms with E-state index in [1.165, 1.54) is 12.1 Å². The van der Waals surface area contributed by atoms with Gasteiger partial charge in [0.15, 0.2) is 0 Å². The van der Waals surface area contributed by atoms with Gasteiger partial charge in [-0.25, -0.2) is 4.39 Å². The zero-order valence-corrected chi connectivity index (χ0v) is 13.6. The van der Waals surface area contributed by atoms with Gasteiger partial charge in [-0.1, -0.05) is 24.3 Å². The average Bonchev–Trinajstić information content (AvgIpc) is 2.96. The first-order valence-corrected chi connectivity index (χ1v) is 8.05. The van der Waals surface area contributed by atoms with Crippen LogP contribution >= 0.6 is 0 Å². The van der Waals surface area contributed by atoms with Crippen LogP contribution in [0.3, 0.4) is 0 Å². The van der Waals surface area contributed by atoms with Gasteiger partial charge in [0.1, 0.15) is 5.82 Å². The highest BCUT2D eigenvalue weighted by Gasteiger charge is 2.31. The van der Waals surface area contributed by atoms with E-state index in [1.54, 1.807) is 31.3 Å². The molecule has 1 amide bonds. The number of likely N-dealkylation sites (tertiary alicyclic amines) is 1. The summed E-state index contributed by atoms with van der Waals surface area (Å²) in [5.74, 6) is -0.365. The molecule has 2 N–H and O–H groups in total. The number of aliphatic hydroxyl groups excluding tert-OH is 1. The van der Waals surface area contributed by atoms with Gasteiger partial charge in [-0.05, 0) is 41.8 Å². The molecule has 4 nitrogen and oxygen atoms in total. The molecule has 0 aromatic heterocycles. The van der Waals surface area contributed by atoms with Gasteiger partial charge >= 0.3 is 0 Å². The van der Waals surface area contributed by atoms with E-state index in [0.29, 0.717) is 25.1 Å². The summed E-state index contributed by atoms with van der Waals surface area (Å²) >= 11 is 0. The number of amides is 1. The summed E-state index contributed by atoms with van der Waals surface area (Å²) < 4.78 is 13.1. The normalized spacial score (nSPS) is 21.0. The van der Waals surface area contributed by atoms with Crippen LogP contribution in [0, 0.1) is 5.82 Å². The maximum absolute atomic E-state index is 13.1. The molecule has 3 rings (SSSR count). The van der Waals surface area contributed by atoms with Gasteiger partial charge in [0.05, 0.1) is 6.10 Å². The minimum absolute atomic E-state index is 0.0687. The van der Waals surface area contributed by atoms with Crippen LogP contribution < -0.4 is 5.32 Å². The van der Waals surface area contributed by atoms with E-state index in [1.807, 2.05) is 12.1 Å². The minimum Gasteiger partial charge on any atom is -0.392 e. The van der Waals surface area contributed by atoms with Gasteiger partial charge < -0.3 is 10.4 Å². The summed E-state index contributed by atoms with van der Waals surface area (Å²) in [6, 6.07) is 14.0. The smallest absolute Gasteiger partial charge is 0.251 e. The van der Waals surface area contributed by atoms with Gasteiger partial charge in [-0.2, -0.15) is 0 Å². The third-order valence-corrected chi connectivity index (χ3v) is 4.46. The highest BCUT2D eigenvalue weighted by atomic mass is 19.1. The highest BCUT2D eigenvalue weighted by molar-refractivity contribution is 5.93. The standard InChI is InChI=1S/C19H21FN2O2/c1-21-19(24)15-4-2-13(3-5-15)11-22-12-17(23)10-18(22)14-6-8-16(20)9-7-14/h2-9,17-18,23H,10-12H2,1H3,(H,21,24)/t17-,18+/m1/s1. The highest BCUT2D eigenvalue weighted by Crippen LogP contribution is 2.33. The summed E-state index contributed by atoms with van der Waals surface area (Å²) in [6.07, 6.45) is 0.257. The number of β-amino-alcohol motifs (C(OH)–C–C–N with tert-alkyl or cyclic N) is 1. The van der Waals surface area contributed by atoms with Crippen molar-refractivity contribution in [1.82, 2.24) is 10.2 Å². The maximum Gasteiger partial charge on any atom is 0.251 e. The van der Waals surface area contributed by atoms with E-state index in [-0.39, 0.29) is 23.9 Å². The first kappa shape index (κ1) is 16.6. The molecule has 5 heteroatoms. The molecule has 1 heterocycles. The van der Waals surface area contributed by atoms with Gasteiger partial charge in [0.2, 0.25) is 0 Å². The average molecular weight is 328 g/mol. The zero-order valence-electron chi connectivity index (χ0n) is 13.6. The minimum atomic E-state index is -0.384. The van der Waals surface area contributed by atoms with Crippen LogP contribution in [-0.4, -0.2) is 35.6 Å². The van der Waals surface area contributed by atoms with E-state index in [4.69, 9.17) is 0 Å². The van der Waals surface area contributed by atoms with Gasteiger partial charge in [-0.15, -0.1) is 0 Å². The molecule has 1 aliphatic rings. The van der Waals surface area contributed by atoms with Crippen LogP contribution in [0.1, 0.15) is 33.9 Å². The summed E-state index contributed by atoms with van der Waals surface area (Å²) in [7, 11) is 1.61. The number of carbonyl (C=O) groups is 1. The second-order valence-electron chi connectivity index (χ2n) is 6.16. The van der Waals surface area contributed by atoms with Crippen molar-refractivity contribution in [2.75, 3.05) is 13.6 Å². The molecule has 2 aromatic rings.